The minimum atomic E-state index is -0.342. The fourth-order valence-corrected chi connectivity index (χ4v) is 1.68. The zero-order valence-electron chi connectivity index (χ0n) is 5.43. The van der Waals surface area contributed by atoms with Crippen molar-refractivity contribution in [1.82, 2.24) is 4.37 Å². The number of hydrogen-bond donors (Lipinski definition) is 1. The summed E-state index contributed by atoms with van der Waals surface area (Å²) in [5.41, 5.74) is -0.218. The van der Waals surface area contributed by atoms with E-state index in [0.717, 1.165) is 11.5 Å². The molecule has 1 aromatic carbocycles. The van der Waals surface area contributed by atoms with Crippen LogP contribution in [0.2, 0.25) is 0 Å². The number of nitrogens with one attached hydrogen (secondary N) is 1. The van der Waals surface area contributed by atoms with Crippen LogP contribution < -0.4 is 5.56 Å². The standard InChI is InChI=1S/C7H4FNOS/c8-5-3-1-2-4-6(5)11-9-7(4)10/h1-3H,(H,9,10). The fraction of sp³-hybridized carbons (Fsp3) is 0. The van der Waals surface area contributed by atoms with Crippen molar-refractivity contribution >= 4 is 21.6 Å². The lowest BCUT2D eigenvalue weighted by Gasteiger charge is -1.85. The molecule has 0 aliphatic rings. The SMILES string of the molecule is O=c1[nH]sc2c(F)cccc12. The minimum Gasteiger partial charge on any atom is -0.277 e. The molecule has 0 fully saturated rings. The lowest BCUT2D eigenvalue weighted by Crippen LogP contribution is -1.95. The molecule has 0 aliphatic heterocycles. The Balaban J connectivity index is 3.06. The van der Waals surface area contributed by atoms with Crippen LogP contribution in [0, 0.1) is 5.82 Å². The van der Waals surface area contributed by atoms with Gasteiger partial charge in [-0.15, -0.1) is 0 Å². The first-order valence-electron chi connectivity index (χ1n) is 3.05. The van der Waals surface area contributed by atoms with E-state index in [1.807, 2.05) is 0 Å². The summed E-state index contributed by atoms with van der Waals surface area (Å²) < 4.78 is 15.7. The van der Waals surface area contributed by atoms with Crippen molar-refractivity contribution in [3.8, 4) is 0 Å². The fourth-order valence-electron chi connectivity index (χ4n) is 0.944. The van der Waals surface area contributed by atoms with Crippen LogP contribution in [0.25, 0.3) is 10.1 Å². The Morgan fingerprint density at radius 2 is 2.27 bits per heavy atom. The van der Waals surface area contributed by atoms with Crippen LogP contribution in [-0.2, 0) is 0 Å². The Morgan fingerprint density at radius 3 is 3.00 bits per heavy atom. The Morgan fingerprint density at radius 1 is 1.45 bits per heavy atom. The highest BCUT2D eigenvalue weighted by Crippen LogP contribution is 2.16. The quantitative estimate of drug-likeness (QED) is 0.640. The van der Waals surface area contributed by atoms with Gasteiger partial charge in [0.1, 0.15) is 5.82 Å². The normalized spacial score (nSPS) is 10.6. The summed E-state index contributed by atoms with van der Waals surface area (Å²) in [5.74, 6) is -0.342. The highest BCUT2D eigenvalue weighted by molar-refractivity contribution is 7.13. The van der Waals surface area contributed by atoms with E-state index >= 15 is 0 Å². The molecular formula is C7H4FNOS. The van der Waals surface area contributed by atoms with Gasteiger partial charge in [-0.25, -0.2) is 4.39 Å². The van der Waals surface area contributed by atoms with Crippen molar-refractivity contribution in [2.24, 2.45) is 0 Å². The second kappa shape index (κ2) is 2.17. The molecule has 0 radical (unpaired) electrons. The number of halogens is 1. The molecule has 4 heteroatoms. The van der Waals surface area contributed by atoms with Gasteiger partial charge in [0.15, 0.2) is 0 Å². The van der Waals surface area contributed by atoms with Gasteiger partial charge in [-0.2, -0.15) is 0 Å². The largest absolute Gasteiger partial charge is 0.277 e. The molecule has 0 amide bonds. The van der Waals surface area contributed by atoms with Crippen molar-refractivity contribution in [2.45, 2.75) is 0 Å². The zero-order valence-corrected chi connectivity index (χ0v) is 6.24. The molecule has 2 rings (SSSR count). The second-order valence-corrected chi connectivity index (χ2v) is 2.97. The van der Waals surface area contributed by atoms with Crippen LogP contribution in [0.1, 0.15) is 0 Å². The Bertz CT molecular complexity index is 445. The van der Waals surface area contributed by atoms with Gasteiger partial charge in [0.25, 0.3) is 5.56 Å². The number of aromatic nitrogens is 1. The van der Waals surface area contributed by atoms with E-state index in [0.29, 0.717) is 10.1 Å². The minimum absolute atomic E-state index is 0.218. The second-order valence-electron chi connectivity index (χ2n) is 2.15. The van der Waals surface area contributed by atoms with Gasteiger partial charge >= 0.3 is 0 Å². The zero-order chi connectivity index (χ0) is 7.84. The highest BCUT2D eigenvalue weighted by Gasteiger charge is 2.03. The number of benzene rings is 1. The Hall–Kier alpha value is -1.16. The first kappa shape index (κ1) is 6.54. The molecule has 1 aromatic heterocycles. The summed E-state index contributed by atoms with van der Waals surface area (Å²) in [6, 6.07) is 4.47. The Kier molecular flexibility index (Phi) is 1.29. The predicted molar refractivity (Wildman–Crippen MR) is 42.4 cm³/mol. The van der Waals surface area contributed by atoms with Gasteiger partial charge < -0.3 is 0 Å². The molecule has 2 nitrogen and oxygen atoms in total. The third-order valence-electron chi connectivity index (χ3n) is 1.46. The van der Waals surface area contributed by atoms with Gasteiger partial charge in [0.05, 0.1) is 10.1 Å². The molecule has 2 aromatic rings. The smallest absolute Gasteiger partial charge is 0.266 e. The number of H-pyrrole nitrogens is 1. The maximum absolute atomic E-state index is 12.9. The summed E-state index contributed by atoms with van der Waals surface area (Å²) in [7, 11) is 0. The van der Waals surface area contributed by atoms with Crippen LogP contribution in [0.5, 0.6) is 0 Å². The third-order valence-corrected chi connectivity index (χ3v) is 2.36. The van der Waals surface area contributed by atoms with Crippen molar-refractivity contribution in [2.75, 3.05) is 0 Å². The average Bonchev–Trinajstić information content (AvgIpc) is 2.35. The van der Waals surface area contributed by atoms with E-state index in [-0.39, 0.29) is 11.4 Å². The van der Waals surface area contributed by atoms with Crippen molar-refractivity contribution in [1.29, 1.82) is 0 Å². The molecule has 0 spiro atoms. The number of aromatic amines is 1. The first-order valence-corrected chi connectivity index (χ1v) is 3.86. The van der Waals surface area contributed by atoms with Gasteiger partial charge in [-0.3, -0.25) is 9.17 Å². The molecule has 0 aliphatic carbocycles. The summed E-state index contributed by atoms with van der Waals surface area (Å²) >= 11 is 1.03. The van der Waals surface area contributed by atoms with E-state index in [1.54, 1.807) is 6.07 Å². The van der Waals surface area contributed by atoms with Crippen LogP contribution in [0.15, 0.2) is 23.0 Å². The number of hydrogen-bond acceptors (Lipinski definition) is 2. The van der Waals surface area contributed by atoms with E-state index in [1.165, 1.54) is 12.1 Å². The van der Waals surface area contributed by atoms with Crippen molar-refractivity contribution in [3.63, 3.8) is 0 Å². The molecule has 1 N–H and O–H groups in total. The highest BCUT2D eigenvalue weighted by atomic mass is 32.1. The first-order chi connectivity index (χ1) is 5.29. The summed E-state index contributed by atoms with van der Waals surface area (Å²) in [6.45, 7) is 0. The lowest BCUT2D eigenvalue weighted by atomic mass is 10.3. The molecule has 11 heavy (non-hydrogen) atoms. The summed E-state index contributed by atoms with van der Waals surface area (Å²) in [4.78, 5) is 10.9. The molecule has 0 unspecified atom stereocenters. The van der Waals surface area contributed by atoms with E-state index in [2.05, 4.69) is 4.37 Å². The van der Waals surface area contributed by atoms with Gasteiger partial charge in [-0.05, 0) is 12.1 Å². The van der Waals surface area contributed by atoms with Gasteiger partial charge in [-0.1, -0.05) is 17.6 Å². The van der Waals surface area contributed by atoms with E-state index < -0.39 is 0 Å². The van der Waals surface area contributed by atoms with Crippen LogP contribution >= 0.6 is 11.5 Å². The maximum atomic E-state index is 12.9. The monoisotopic (exact) mass is 169 g/mol. The molecule has 1 heterocycles. The molecule has 56 valence electrons. The van der Waals surface area contributed by atoms with E-state index in [4.69, 9.17) is 0 Å². The number of rotatable bonds is 0. The third kappa shape index (κ3) is 0.867. The van der Waals surface area contributed by atoms with E-state index in [9.17, 15) is 9.18 Å². The average molecular weight is 169 g/mol. The lowest BCUT2D eigenvalue weighted by molar-refractivity contribution is 0.641. The molecular weight excluding hydrogens is 165 g/mol. The molecule has 0 atom stereocenters. The van der Waals surface area contributed by atoms with Crippen molar-refractivity contribution in [3.05, 3.63) is 34.4 Å². The summed E-state index contributed by atoms with van der Waals surface area (Å²) in [6.07, 6.45) is 0. The number of fused-ring (bicyclic) bond motifs is 1. The molecule has 0 saturated carbocycles. The topological polar surface area (TPSA) is 32.9 Å². The van der Waals surface area contributed by atoms with Crippen molar-refractivity contribution < 1.29 is 4.39 Å². The Labute approximate surface area is 65.4 Å². The predicted octanol–water partition coefficient (Wildman–Crippen LogP) is 1.73. The van der Waals surface area contributed by atoms with Gasteiger partial charge in [0, 0.05) is 0 Å². The van der Waals surface area contributed by atoms with Crippen LogP contribution in [-0.4, -0.2) is 4.37 Å². The molecule has 0 saturated heterocycles. The van der Waals surface area contributed by atoms with Gasteiger partial charge in [0.2, 0.25) is 0 Å². The summed E-state index contributed by atoms with van der Waals surface area (Å²) in [5, 5.41) is 0.426. The maximum Gasteiger partial charge on any atom is 0.266 e. The van der Waals surface area contributed by atoms with Crippen LogP contribution in [0.4, 0.5) is 4.39 Å². The molecule has 0 bridgehead atoms. The van der Waals surface area contributed by atoms with Crippen LogP contribution in [0.3, 0.4) is 0 Å².